The van der Waals surface area contributed by atoms with E-state index >= 15 is 0 Å². The molecule has 0 aliphatic carbocycles. The van der Waals surface area contributed by atoms with E-state index in [1.165, 1.54) is 0 Å². The summed E-state index contributed by atoms with van der Waals surface area (Å²) < 4.78 is 17.9. The summed E-state index contributed by atoms with van der Waals surface area (Å²) in [5.41, 5.74) is 12.0. The molecule has 0 radical (unpaired) electrons. The number of para-hydroxylation sites is 6. The normalized spacial score (nSPS) is 12.1. The third kappa shape index (κ3) is 4.94. The minimum atomic E-state index is 0.540. The molecule has 14 aromatic rings. The summed E-state index contributed by atoms with van der Waals surface area (Å²) in [5.74, 6) is 1.65. The molecule has 14 rings (SSSR count). The number of aromatic nitrogens is 5. The lowest BCUT2D eigenvalue weighted by Gasteiger charge is -2.18. The van der Waals surface area contributed by atoms with E-state index in [1.807, 2.05) is 42.5 Å². The first kappa shape index (κ1) is 34.9. The summed E-state index contributed by atoms with van der Waals surface area (Å²) in [7, 11) is 0. The van der Waals surface area contributed by atoms with Crippen molar-refractivity contribution in [3.8, 4) is 45.5 Å². The number of furan rings is 2. The fourth-order valence-corrected chi connectivity index (χ4v) is 10.1. The van der Waals surface area contributed by atoms with Crippen molar-refractivity contribution in [1.29, 1.82) is 0 Å². The summed E-state index contributed by atoms with van der Waals surface area (Å²) >= 11 is 0. The van der Waals surface area contributed by atoms with E-state index in [2.05, 4.69) is 167 Å². The average molecular weight is 820 g/mol. The Kier molecular flexibility index (Phi) is 7.27. The van der Waals surface area contributed by atoms with Crippen molar-refractivity contribution in [1.82, 2.24) is 24.1 Å². The van der Waals surface area contributed by atoms with Crippen LogP contribution in [0.15, 0.2) is 209 Å². The third-order valence-electron chi connectivity index (χ3n) is 12.8. The van der Waals surface area contributed by atoms with Crippen LogP contribution in [-0.4, -0.2) is 24.1 Å². The van der Waals surface area contributed by atoms with Crippen molar-refractivity contribution in [2.45, 2.75) is 0 Å². The molecule has 298 valence electrons. The summed E-state index contributed by atoms with van der Waals surface area (Å²) in [4.78, 5) is 16.4. The highest BCUT2D eigenvalue weighted by molar-refractivity contribution is 6.18. The first-order valence-corrected chi connectivity index (χ1v) is 21.4. The maximum absolute atomic E-state index is 6.61. The van der Waals surface area contributed by atoms with Crippen molar-refractivity contribution in [2.24, 2.45) is 0 Å². The van der Waals surface area contributed by atoms with Crippen LogP contribution >= 0.6 is 0 Å². The second kappa shape index (κ2) is 13.3. The van der Waals surface area contributed by atoms with Gasteiger partial charge in [-0.3, -0.25) is 0 Å². The van der Waals surface area contributed by atoms with Crippen molar-refractivity contribution in [2.75, 3.05) is 0 Å². The van der Waals surface area contributed by atoms with Crippen LogP contribution in [0.25, 0.3) is 133 Å². The van der Waals surface area contributed by atoms with E-state index in [4.69, 9.17) is 23.8 Å². The molecule has 0 aliphatic heterocycles. The molecule has 0 fully saturated rings. The van der Waals surface area contributed by atoms with E-state index in [1.54, 1.807) is 0 Å². The molecule has 0 saturated carbocycles. The van der Waals surface area contributed by atoms with Crippen LogP contribution in [0.4, 0.5) is 0 Å². The maximum atomic E-state index is 6.61. The topological polar surface area (TPSA) is 74.8 Å². The first-order valence-electron chi connectivity index (χ1n) is 21.4. The molecule has 0 unspecified atom stereocenters. The van der Waals surface area contributed by atoms with Crippen LogP contribution in [0, 0.1) is 0 Å². The molecule has 64 heavy (non-hydrogen) atoms. The van der Waals surface area contributed by atoms with Gasteiger partial charge in [-0.1, -0.05) is 140 Å². The van der Waals surface area contributed by atoms with Crippen molar-refractivity contribution < 1.29 is 8.83 Å². The highest BCUT2D eigenvalue weighted by atomic mass is 16.3. The Morgan fingerprint density at radius 3 is 1.05 bits per heavy atom. The van der Waals surface area contributed by atoms with Crippen LogP contribution < -0.4 is 0 Å². The minimum Gasteiger partial charge on any atom is -0.456 e. The summed E-state index contributed by atoms with van der Waals surface area (Å²) in [5, 5.41) is 8.64. The lowest BCUT2D eigenvalue weighted by atomic mass is 10.0. The molecule has 7 nitrogen and oxygen atoms in total. The Balaban J connectivity index is 1.14. The first-order chi connectivity index (χ1) is 31.8. The highest BCUT2D eigenvalue weighted by Gasteiger charge is 2.27. The highest BCUT2D eigenvalue weighted by Crippen LogP contribution is 2.46. The Hall–Kier alpha value is -8.81. The predicted molar refractivity (Wildman–Crippen MR) is 259 cm³/mol. The Morgan fingerprint density at radius 1 is 0.281 bits per heavy atom. The molecular weight excluding hydrogens is 787 g/mol. The van der Waals surface area contributed by atoms with Gasteiger partial charge in [-0.2, -0.15) is 0 Å². The molecular formula is C57H33N5O2. The lowest BCUT2D eigenvalue weighted by Crippen LogP contribution is -2.06. The molecule has 0 spiro atoms. The van der Waals surface area contributed by atoms with Crippen molar-refractivity contribution >= 4 is 87.5 Å². The maximum Gasteiger partial charge on any atom is 0.166 e. The van der Waals surface area contributed by atoms with Gasteiger partial charge in [0.2, 0.25) is 0 Å². The number of hydrogen-bond acceptors (Lipinski definition) is 5. The van der Waals surface area contributed by atoms with Gasteiger partial charge in [0, 0.05) is 49.0 Å². The zero-order valence-corrected chi connectivity index (χ0v) is 34.1. The largest absolute Gasteiger partial charge is 0.456 e. The smallest absolute Gasteiger partial charge is 0.166 e. The zero-order valence-electron chi connectivity index (χ0n) is 34.1. The van der Waals surface area contributed by atoms with Gasteiger partial charge >= 0.3 is 0 Å². The van der Waals surface area contributed by atoms with E-state index < -0.39 is 0 Å². The van der Waals surface area contributed by atoms with Gasteiger partial charge in [0.05, 0.1) is 44.2 Å². The number of fused-ring (bicyclic) bond motifs is 12. The van der Waals surface area contributed by atoms with E-state index in [9.17, 15) is 0 Å². The second-order valence-corrected chi connectivity index (χ2v) is 16.3. The zero-order chi connectivity index (χ0) is 41.9. The average Bonchev–Trinajstić information content (AvgIpc) is 4.12. The van der Waals surface area contributed by atoms with Gasteiger partial charge in [0.1, 0.15) is 22.3 Å². The van der Waals surface area contributed by atoms with Gasteiger partial charge in [-0.25, -0.2) is 15.0 Å². The molecule has 0 amide bonds. The second-order valence-electron chi connectivity index (χ2n) is 16.3. The number of hydrogen-bond donors (Lipinski definition) is 0. The van der Waals surface area contributed by atoms with Gasteiger partial charge in [0.15, 0.2) is 17.5 Å². The fraction of sp³-hybridized carbons (Fsp3) is 0. The summed E-state index contributed by atoms with van der Waals surface area (Å²) in [6, 6.07) is 69.4. The molecule has 5 aromatic heterocycles. The molecule has 0 aliphatic rings. The summed E-state index contributed by atoms with van der Waals surface area (Å²) in [6.45, 7) is 0. The Bertz CT molecular complexity index is 3850. The van der Waals surface area contributed by atoms with Crippen LogP contribution in [0.2, 0.25) is 0 Å². The van der Waals surface area contributed by atoms with Gasteiger partial charge in [-0.15, -0.1) is 0 Å². The molecule has 0 atom stereocenters. The monoisotopic (exact) mass is 819 g/mol. The Labute approximate surface area is 364 Å². The number of nitrogens with zero attached hydrogens (tertiary/aromatic N) is 5. The Morgan fingerprint density at radius 2 is 0.625 bits per heavy atom. The lowest BCUT2D eigenvalue weighted by molar-refractivity contribution is 0.668. The van der Waals surface area contributed by atoms with Crippen LogP contribution in [-0.2, 0) is 0 Å². The van der Waals surface area contributed by atoms with Crippen LogP contribution in [0.5, 0.6) is 0 Å². The number of benzene rings is 9. The van der Waals surface area contributed by atoms with Crippen molar-refractivity contribution in [3.63, 3.8) is 0 Å². The molecule has 7 heteroatoms. The molecule has 5 heterocycles. The standard InChI is InChI=1S/C57H33N5O2/c1-2-16-34(17-3-1)55-58-56(41-30-32-49-51(39-22-8-14-28-47(39)63-49)53(41)61-43-24-10-4-18-35(43)36-19-5-11-25-44(36)61)60-57(59-55)42-31-33-50-52(40-23-9-15-29-48(40)64-50)54(42)62-45-26-12-6-20-37(45)38-21-7-13-27-46(38)62/h1-33H. The quantitative estimate of drug-likeness (QED) is 0.173. The SMILES string of the molecule is c1ccc(-c2nc(-c3ccc4oc5ccccc5c4c3-n3c4ccccc4c4ccccc43)nc(-c3ccc4oc5ccccc5c4c3-n3c4ccccc4c4ccccc43)n2)cc1. The predicted octanol–water partition coefficient (Wildman–Crippen LogP) is 14.9. The fourth-order valence-electron chi connectivity index (χ4n) is 10.1. The van der Waals surface area contributed by atoms with E-state index in [-0.39, 0.29) is 0 Å². The molecule has 0 bridgehead atoms. The molecule has 9 aromatic carbocycles. The van der Waals surface area contributed by atoms with Crippen LogP contribution in [0.1, 0.15) is 0 Å². The van der Waals surface area contributed by atoms with Gasteiger partial charge in [0.25, 0.3) is 0 Å². The molecule has 0 saturated heterocycles. The third-order valence-corrected chi connectivity index (χ3v) is 12.8. The van der Waals surface area contributed by atoms with Gasteiger partial charge in [-0.05, 0) is 60.7 Å². The van der Waals surface area contributed by atoms with Crippen molar-refractivity contribution in [3.05, 3.63) is 200 Å². The molecule has 0 N–H and O–H groups in total. The number of rotatable bonds is 5. The van der Waals surface area contributed by atoms with Gasteiger partial charge < -0.3 is 18.0 Å². The minimum absolute atomic E-state index is 0.540. The summed E-state index contributed by atoms with van der Waals surface area (Å²) in [6.07, 6.45) is 0. The van der Waals surface area contributed by atoms with E-state index in [0.717, 1.165) is 116 Å². The van der Waals surface area contributed by atoms with E-state index in [0.29, 0.717) is 17.5 Å². The van der Waals surface area contributed by atoms with Crippen LogP contribution in [0.3, 0.4) is 0 Å².